The van der Waals surface area contributed by atoms with Crippen molar-refractivity contribution in [1.29, 1.82) is 0 Å². The molecule has 0 rings (SSSR count). The van der Waals surface area contributed by atoms with Crippen molar-refractivity contribution in [1.82, 2.24) is 10.2 Å². The zero-order valence-corrected chi connectivity index (χ0v) is 13.3. The third-order valence-electron chi connectivity index (χ3n) is 2.76. The maximum atomic E-state index is 12.1. The second-order valence-corrected chi connectivity index (χ2v) is 4.99. The van der Waals surface area contributed by atoms with E-state index in [1.807, 2.05) is 0 Å². The Kier molecular flexibility index (Phi) is 8.88. The van der Waals surface area contributed by atoms with Gasteiger partial charge in [-0.2, -0.15) is 12.6 Å². The highest BCUT2D eigenvalue weighted by atomic mass is 32.1. The van der Waals surface area contributed by atoms with Crippen molar-refractivity contribution in [3.05, 3.63) is 0 Å². The average Bonchev–Trinajstić information content (AvgIpc) is 2.46. The Morgan fingerprint density at radius 2 is 1.78 bits per heavy atom. The number of nitrogens with two attached hydrogens (primary N) is 1. The van der Waals surface area contributed by atoms with Crippen LogP contribution in [0.5, 0.6) is 0 Å². The fraction of sp³-hybridized carbons (Fsp3) is 0.583. The van der Waals surface area contributed by atoms with Gasteiger partial charge in [0.15, 0.2) is 0 Å². The summed E-state index contributed by atoms with van der Waals surface area (Å²) < 4.78 is 0. The first-order valence-electron chi connectivity index (χ1n) is 6.52. The van der Waals surface area contributed by atoms with E-state index in [0.717, 1.165) is 6.92 Å². The van der Waals surface area contributed by atoms with Gasteiger partial charge in [-0.25, -0.2) is 0 Å². The molecule has 130 valence electrons. The lowest BCUT2D eigenvalue weighted by atomic mass is 10.1. The lowest BCUT2D eigenvalue weighted by Gasteiger charge is -2.23. The maximum absolute atomic E-state index is 12.1. The van der Waals surface area contributed by atoms with Crippen molar-refractivity contribution >= 4 is 42.3 Å². The summed E-state index contributed by atoms with van der Waals surface area (Å²) in [5, 5.41) is 19.6. The number of carboxylic acid groups (broad SMARTS) is 2. The van der Waals surface area contributed by atoms with Crippen LogP contribution in [0.2, 0.25) is 0 Å². The minimum atomic E-state index is -1.38. The van der Waals surface area contributed by atoms with E-state index < -0.39 is 48.3 Å². The number of carboxylic acids is 2. The Labute approximate surface area is 137 Å². The van der Waals surface area contributed by atoms with Gasteiger partial charge >= 0.3 is 11.9 Å². The number of rotatable bonds is 9. The molecule has 0 fully saturated rings. The molecule has 3 amide bonds. The van der Waals surface area contributed by atoms with E-state index in [1.54, 1.807) is 0 Å². The smallest absolute Gasteiger partial charge is 0.323 e. The quantitative estimate of drug-likeness (QED) is 0.299. The molecule has 0 aromatic heterocycles. The van der Waals surface area contributed by atoms with Crippen molar-refractivity contribution in [2.45, 2.75) is 31.8 Å². The number of hydrogen-bond acceptors (Lipinski definition) is 7. The molecule has 0 spiro atoms. The molecule has 0 saturated heterocycles. The Morgan fingerprint density at radius 1 is 1.22 bits per heavy atom. The molecule has 0 aliphatic rings. The van der Waals surface area contributed by atoms with Gasteiger partial charge in [-0.3, -0.25) is 28.9 Å². The number of nitrogens with zero attached hydrogens (tertiary/aromatic N) is 1. The Balaban J connectivity index is 4.76. The molecule has 0 aromatic carbocycles. The molecule has 11 heteroatoms. The van der Waals surface area contributed by atoms with E-state index in [4.69, 9.17) is 15.9 Å². The first-order valence-corrected chi connectivity index (χ1v) is 7.15. The van der Waals surface area contributed by atoms with Crippen LogP contribution in [0.15, 0.2) is 0 Å². The molecule has 0 aliphatic heterocycles. The van der Waals surface area contributed by atoms with E-state index >= 15 is 0 Å². The zero-order chi connectivity index (χ0) is 18.2. The standard InChI is InChI=1S/C12H19N3O7S/c1-6(16)15(4-10(18)19)11(20)8(5-23)14-9(17)3-2-7(13)12(21)22/h7-8,23H,2-5,13H2,1H3,(H,14,17)(H,18,19)(H,21,22). The Morgan fingerprint density at radius 3 is 2.17 bits per heavy atom. The minimum Gasteiger partial charge on any atom is -0.480 e. The molecule has 0 radical (unpaired) electrons. The van der Waals surface area contributed by atoms with Crippen LogP contribution in [0, 0.1) is 0 Å². The highest BCUT2D eigenvalue weighted by Crippen LogP contribution is 2.02. The second kappa shape index (κ2) is 9.79. The van der Waals surface area contributed by atoms with Crippen molar-refractivity contribution < 1.29 is 34.2 Å². The summed E-state index contributed by atoms with van der Waals surface area (Å²) in [6.07, 6.45) is -0.385. The van der Waals surface area contributed by atoms with Crippen LogP contribution in [-0.2, 0) is 24.0 Å². The van der Waals surface area contributed by atoms with E-state index in [-0.39, 0.29) is 18.6 Å². The molecule has 10 nitrogen and oxygen atoms in total. The summed E-state index contributed by atoms with van der Waals surface area (Å²) in [5.41, 5.74) is 5.25. The van der Waals surface area contributed by atoms with Gasteiger partial charge in [-0.05, 0) is 6.42 Å². The molecule has 0 heterocycles. The van der Waals surface area contributed by atoms with Gasteiger partial charge in [-0.1, -0.05) is 0 Å². The first kappa shape index (κ1) is 20.9. The third kappa shape index (κ3) is 7.61. The number of hydrogen-bond donors (Lipinski definition) is 5. The zero-order valence-electron chi connectivity index (χ0n) is 12.4. The van der Waals surface area contributed by atoms with E-state index in [1.165, 1.54) is 0 Å². The molecular weight excluding hydrogens is 330 g/mol. The Bertz CT molecular complexity index is 497. The van der Waals surface area contributed by atoms with Gasteiger partial charge in [-0.15, -0.1) is 0 Å². The summed E-state index contributed by atoms with van der Waals surface area (Å²) in [7, 11) is 0. The number of aliphatic carboxylic acids is 2. The predicted octanol–water partition coefficient (Wildman–Crippen LogP) is -1.95. The third-order valence-corrected chi connectivity index (χ3v) is 3.12. The van der Waals surface area contributed by atoms with Crippen LogP contribution < -0.4 is 11.1 Å². The highest BCUT2D eigenvalue weighted by molar-refractivity contribution is 7.80. The number of imide groups is 1. The van der Waals surface area contributed by atoms with Crippen molar-refractivity contribution in [3.63, 3.8) is 0 Å². The summed E-state index contributed by atoms with van der Waals surface area (Å²) in [6.45, 7) is 0.183. The molecule has 0 saturated carbocycles. The lowest BCUT2D eigenvalue weighted by Crippen LogP contribution is -2.52. The molecule has 2 atom stereocenters. The van der Waals surface area contributed by atoms with Crippen molar-refractivity contribution in [3.8, 4) is 0 Å². The van der Waals surface area contributed by atoms with Gasteiger partial charge in [0.2, 0.25) is 11.8 Å². The van der Waals surface area contributed by atoms with Crippen LogP contribution in [0.4, 0.5) is 0 Å². The van der Waals surface area contributed by atoms with E-state index in [2.05, 4.69) is 17.9 Å². The van der Waals surface area contributed by atoms with Crippen molar-refractivity contribution in [2.24, 2.45) is 5.73 Å². The number of carbonyl (C=O) groups excluding carboxylic acids is 3. The first-order chi connectivity index (χ1) is 10.6. The van der Waals surface area contributed by atoms with Crippen molar-refractivity contribution in [2.75, 3.05) is 12.3 Å². The average molecular weight is 349 g/mol. The molecule has 5 N–H and O–H groups in total. The molecule has 23 heavy (non-hydrogen) atoms. The lowest BCUT2D eigenvalue weighted by molar-refractivity contribution is -0.152. The SMILES string of the molecule is CC(=O)N(CC(=O)O)C(=O)C(CS)NC(=O)CCC(N)C(=O)O. The molecule has 0 aromatic rings. The summed E-state index contributed by atoms with van der Waals surface area (Å²) in [5.74, 6) is -5.17. The second-order valence-electron chi connectivity index (χ2n) is 4.62. The fourth-order valence-electron chi connectivity index (χ4n) is 1.53. The van der Waals surface area contributed by atoms with Crippen LogP contribution >= 0.6 is 12.6 Å². The predicted molar refractivity (Wildman–Crippen MR) is 80.7 cm³/mol. The molecule has 0 bridgehead atoms. The maximum Gasteiger partial charge on any atom is 0.323 e. The normalized spacial score (nSPS) is 12.8. The minimum absolute atomic E-state index is 0.139. The molecule has 0 aliphatic carbocycles. The fourth-order valence-corrected chi connectivity index (χ4v) is 1.78. The van der Waals surface area contributed by atoms with Crippen LogP contribution in [0.25, 0.3) is 0 Å². The number of carbonyl (C=O) groups is 5. The number of amides is 3. The monoisotopic (exact) mass is 349 g/mol. The van der Waals surface area contributed by atoms with Gasteiger partial charge in [0.1, 0.15) is 18.6 Å². The summed E-state index contributed by atoms with van der Waals surface area (Å²) >= 11 is 3.88. The topological polar surface area (TPSA) is 167 Å². The van der Waals surface area contributed by atoms with Crippen LogP contribution in [0.3, 0.4) is 0 Å². The van der Waals surface area contributed by atoms with Crippen LogP contribution in [0.1, 0.15) is 19.8 Å². The van der Waals surface area contributed by atoms with Gasteiger partial charge in [0, 0.05) is 19.1 Å². The highest BCUT2D eigenvalue weighted by Gasteiger charge is 2.29. The molecular formula is C12H19N3O7S. The number of thiol groups is 1. The Hall–Kier alpha value is -2.14. The summed E-state index contributed by atoms with van der Waals surface area (Å²) in [6, 6.07) is -2.43. The summed E-state index contributed by atoms with van der Waals surface area (Å²) in [4.78, 5) is 56.8. The van der Waals surface area contributed by atoms with Gasteiger partial charge in [0.05, 0.1) is 0 Å². The number of nitrogens with one attached hydrogen (secondary N) is 1. The van der Waals surface area contributed by atoms with E-state index in [0.29, 0.717) is 4.90 Å². The molecule has 2 unspecified atom stereocenters. The van der Waals surface area contributed by atoms with Gasteiger partial charge < -0.3 is 21.3 Å². The van der Waals surface area contributed by atoms with Crippen LogP contribution in [-0.4, -0.2) is 69.2 Å². The van der Waals surface area contributed by atoms with E-state index in [9.17, 15) is 24.0 Å². The van der Waals surface area contributed by atoms with Gasteiger partial charge in [0.25, 0.3) is 5.91 Å². The largest absolute Gasteiger partial charge is 0.480 e.